The predicted molar refractivity (Wildman–Crippen MR) is 59.4 cm³/mol. The summed E-state index contributed by atoms with van der Waals surface area (Å²) in [6.07, 6.45) is 0.925. The summed E-state index contributed by atoms with van der Waals surface area (Å²) in [5, 5.41) is 12.1. The lowest BCUT2D eigenvalue weighted by Gasteiger charge is -2.12. The van der Waals surface area contributed by atoms with Gasteiger partial charge in [-0.15, -0.1) is 0 Å². The molecule has 0 saturated carbocycles. The maximum Gasteiger partial charge on any atom is 0.164 e. The molecule has 0 aliphatic heterocycles. The normalized spacial score (nSPS) is 13.2. The summed E-state index contributed by atoms with van der Waals surface area (Å²) in [5.74, 6) is 0.913. The third-order valence-corrected chi connectivity index (χ3v) is 2.49. The first-order chi connectivity index (χ1) is 6.26. The second-order valence-corrected chi connectivity index (χ2v) is 3.94. The van der Waals surface area contributed by atoms with Crippen molar-refractivity contribution in [3.05, 3.63) is 21.7 Å². The molecular weight excluding hydrogens is 281 g/mol. The fourth-order valence-corrected chi connectivity index (χ4v) is 1.49. The van der Waals surface area contributed by atoms with Crippen molar-refractivity contribution in [2.45, 2.75) is 25.9 Å². The van der Waals surface area contributed by atoms with E-state index in [2.05, 4.69) is 27.9 Å². The molecule has 0 amide bonds. The van der Waals surface area contributed by atoms with Crippen molar-refractivity contribution in [2.24, 2.45) is 0 Å². The van der Waals surface area contributed by atoms with E-state index in [1.807, 2.05) is 19.1 Å². The number of halogens is 1. The lowest BCUT2D eigenvalue weighted by Crippen LogP contribution is -2.30. The molecule has 0 saturated heterocycles. The maximum absolute atomic E-state index is 8.91. The molecular formula is C9H14INO2. The standard InChI is InChI=1S/C9H14INO2/c1-2-7(6-12)11-5-8-3-4-9(10)13-8/h3-4,7,11-12H,2,5-6H2,1H3. The number of aliphatic hydroxyl groups is 1. The van der Waals surface area contributed by atoms with Crippen molar-refractivity contribution in [1.29, 1.82) is 0 Å². The van der Waals surface area contributed by atoms with Crippen molar-refractivity contribution in [1.82, 2.24) is 5.32 Å². The Hall–Kier alpha value is -0.0700. The van der Waals surface area contributed by atoms with Crippen LogP contribution in [-0.2, 0) is 6.54 Å². The number of aliphatic hydroxyl groups excluding tert-OH is 1. The summed E-state index contributed by atoms with van der Waals surface area (Å²) in [7, 11) is 0. The van der Waals surface area contributed by atoms with Gasteiger partial charge in [-0.05, 0) is 41.1 Å². The molecule has 2 N–H and O–H groups in total. The van der Waals surface area contributed by atoms with Gasteiger partial charge in [-0.25, -0.2) is 0 Å². The molecule has 13 heavy (non-hydrogen) atoms. The smallest absolute Gasteiger partial charge is 0.164 e. The molecule has 0 spiro atoms. The van der Waals surface area contributed by atoms with Crippen LogP contribution in [0.1, 0.15) is 19.1 Å². The van der Waals surface area contributed by atoms with Gasteiger partial charge in [0.15, 0.2) is 3.77 Å². The van der Waals surface area contributed by atoms with Crippen molar-refractivity contribution in [2.75, 3.05) is 6.61 Å². The van der Waals surface area contributed by atoms with E-state index in [-0.39, 0.29) is 12.6 Å². The molecule has 1 unspecified atom stereocenters. The molecule has 0 aromatic carbocycles. The van der Waals surface area contributed by atoms with Crippen LogP contribution in [0.5, 0.6) is 0 Å². The lowest BCUT2D eigenvalue weighted by molar-refractivity contribution is 0.235. The highest BCUT2D eigenvalue weighted by Crippen LogP contribution is 2.09. The highest BCUT2D eigenvalue weighted by atomic mass is 127. The first-order valence-corrected chi connectivity index (χ1v) is 5.42. The Morgan fingerprint density at radius 2 is 2.38 bits per heavy atom. The third kappa shape index (κ3) is 3.66. The monoisotopic (exact) mass is 295 g/mol. The molecule has 0 bridgehead atoms. The summed E-state index contributed by atoms with van der Waals surface area (Å²) in [5.41, 5.74) is 0. The average Bonchev–Trinajstić information content (AvgIpc) is 2.53. The van der Waals surface area contributed by atoms with Crippen molar-refractivity contribution < 1.29 is 9.52 Å². The zero-order chi connectivity index (χ0) is 9.68. The van der Waals surface area contributed by atoms with E-state index in [0.29, 0.717) is 6.54 Å². The first-order valence-electron chi connectivity index (χ1n) is 4.34. The van der Waals surface area contributed by atoms with Gasteiger partial charge in [0.2, 0.25) is 0 Å². The van der Waals surface area contributed by atoms with Gasteiger partial charge >= 0.3 is 0 Å². The van der Waals surface area contributed by atoms with Gasteiger partial charge < -0.3 is 14.8 Å². The molecule has 0 radical (unpaired) electrons. The minimum absolute atomic E-state index is 0.169. The van der Waals surface area contributed by atoms with Gasteiger partial charge in [0, 0.05) is 6.04 Å². The summed E-state index contributed by atoms with van der Waals surface area (Å²) >= 11 is 2.13. The van der Waals surface area contributed by atoms with Crippen LogP contribution in [-0.4, -0.2) is 17.8 Å². The van der Waals surface area contributed by atoms with Crippen LogP contribution < -0.4 is 5.32 Å². The molecule has 0 fully saturated rings. The minimum Gasteiger partial charge on any atom is -0.454 e. The Morgan fingerprint density at radius 3 is 2.85 bits per heavy atom. The number of nitrogens with one attached hydrogen (secondary N) is 1. The Balaban J connectivity index is 2.33. The minimum atomic E-state index is 0.169. The van der Waals surface area contributed by atoms with E-state index in [0.717, 1.165) is 15.9 Å². The van der Waals surface area contributed by atoms with E-state index in [9.17, 15) is 0 Å². The SMILES string of the molecule is CCC(CO)NCc1ccc(I)o1. The van der Waals surface area contributed by atoms with Crippen LogP contribution in [0.2, 0.25) is 0 Å². The molecule has 74 valence electrons. The van der Waals surface area contributed by atoms with E-state index >= 15 is 0 Å². The summed E-state index contributed by atoms with van der Waals surface area (Å²) in [4.78, 5) is 0. The molecule has 1 heterocycles. The number of rotatable bonds is 5. The number of hydrogen-bond acceptors (Lipinski definition) is 3. The molecule has 1 aromatic rings. The molecule has 4 heteroatoms. The topological polar surface area (TPSA) is 45.4 Å². The molecule has 1 aromatic heterocycles. The largest absolute Gasteiger partial charge is 0.454 e. The highest BCUT2D eigenvalue weighted by molar-refractivity contribution is 14.1. The fraction of sp³-hybridized carbons (Fsp3) is 0.556. The zero-order valence-electron chi connectivity index (χ0n) is 7.59. The Labute approximate surface area is 91.7 Å². The van der Waals surface area contributed by atoms with Crippen LogP contribution in [0.15, 0.2) is 16.5 Å². The Bertz CT molecular complexity index is 246. The van der Waals surface area contributed by atoms with E-state index < -0.39 is 0 Å². The first kappa shape index (κ1) is 11.0. The van der Waals surface area contributed by atoms with E-state index in [1.165, 1.54) is 0 Å². The van der Waals surface area contributed by atoms with E-state index in [1.54, 1.807) is 0 Å². The molecule has 0 aliphatic carbocycles. The predicted octanol–water partition coefficient (Wildman–Crippen LogP) is 1.74. The maximum atomic E-state index is 8.91. The molecule has 0 aliphatic rings. The lowest BCUT2D eigenvalue weighted by atomic mass is 10.2. The average molecular weight is 295 g/mol. The van der Waals surface area contributed by atoms with Gasteiger partial charge in [0.05, 0.1) is 13.2 Å². The van der Waals surface area contributed by atoms with Crippen LogP contribution in [0.3, 0.4) is 0 Å². The van der Waals surface area contributed by atoms with Crippen molar-refractivity contribution in [3.63, 3.8) is 0 Å². The highest BCUT2D eigenvalue weighted by Gasteiger charge is 2.04. The third-order valence-electron chi connectivity index (χ3n) is 1.91. The van der Waals surface area contributed by atoms with Gasteiger partial charge in [0.25, 0.3) is 0 Å². The number of furan rings is 1. The van der Waals surface area contributed by atoms with E-state index in [4.69, 9.17) is 9.52 Å². The second kappa shape index (κ2) is 5.62. The zero-order valence-corrected chi connectivity index (χ0v) is 9.74. The van der Waals surface area contributed by atoms with Crippen LogP contribution in [0.4, 0.5) is 0 Å². The van der Waals surface area contributed by atoms with Crippen LogP contribution >= 0.6 is 22.6 Å². The van der Waals surface area contributed by atoms with Crippen molar-refractivity contribution in [3.8, 4) is 0 Å². The fourth-order valence-electron chi connectivity index (χ4n) is 1.03. The summed E-state index contributed by atoms with van der Waals surface area (Å²) in [6.45, 7) is 2.90. The molecule has 1 rings (SSSR count). The quantitative estimate of drug-likeness (QED) is 0.813. The number of hydrogen-bond donors (Lipinski definition) is 2. The Morgan fingerprint density at radius 1 is 1.62 bits per heavy atom. The van der Waals surface area contributed by atoms with Gasteiger partial charge in [-0.2, -0.15) is 0 Å². The molecule has 3 nitrogen and oxygen atoms in total. The summed E-state index contributed by atoms with van der Waals surface area (Å²) in [6, 6.07) is 4.04. The van der Waals surface area contributed by atoms with Gasteiger partial charge in [-0.1, -0.05) is 6.92 Å². The van der Waals surface area contributed by atoms with Gasteiger partial charge in [0.1, 0.15) is 5.76 Å². The molecule has 1 atom stereocenters. The van der Waals surface area contributed by atoms with Crippen molar-refractivity contribution >= 4 is 22.6 Å². The summed E-state index contributed by atoms with van der Waals surface area (Å²) < 4.78 is 6.26. The van der Waals surface area contributed by atoms with Crippen LogP contribution in [0.25, 0.3) is 0 Å². The van der Waals surface area contributed by atoms with Crippen LogP contribution in [0, 0.1) is 3.77 Å². The Kier molecular flexibility index (Phi) is 4.76. The van der Waals surface area contributed by atoms with Gasteiger partial charge in [-0.3, -0.25) is 0 Å². The second-order valence-electron chi connectivity index (χ2n) is 2.87.